The van der Waals surface area contributed by atoms with E-state index in [9.17, 15) is 4.79 Å². The van der Waals surface area contributed by atoms with Gasteiger partial charge in [0.2, 0.25) is 0 Å². The zero-order valence-electron chi connectivity index (χ0n) is 9.96. The van der Waals surface area contributed by atoms with E-state index in [2.05, 4.69) is 25.3 Å². The van der Waals surface area contributed by atoms with E-state index < -0.39 is 0 Å². The molecule has 0 fully saturated rings. The SMILES string of the molecule is O=c1[nH]c2[nH]ncc2c2nc(-c3cccc(Cl)c3)nn12. The quantitative estimate of drug-likeness (QED) is 0.556. The van der Waals surface area contributed by atoms with E-state index >= 15 is 0 Å². The molecule has 0 unspecified atom stereocenters. The summed E-state index contributed by atoms with van der Waals surface area (Å²) in [5, 5.41) is 12.1. The van der Waals surface area contributed by atoms with Crippen LogP contribution in [0.5, 0.6) is 0 Å². The lowest BCUT2D eigenvalue weighted by Gasteiger charge is -1.94. The van der Waals surface area contributed by atoms with Crippen LogP contribution in [0.2, 0.25) is 5.02 Å². The highest BCUT2D eigenvalue weighted by atomic mass is 35.5. The van der Waals surface area contributed by atoms with Gasteiger partial charge in [-0.1, -0.05) is 23.7 Å². The van der Waals surface area contributed by atoms with Crippen molar-refractivity contribution in [1.82, 2.24) is 29.8 Å². The summed E-state index contributed by atoms with van der Waals surface area (Å²) in [4.78, 5) is 19.0. The van der Waals surface area contributed by atoms with Crippen LogP contribution in [0.1, 0.15) is 0 Å². The Kier molecular flexibility index (Phi) is 2.19. The number of H-pyrrole nitrogens is 2. The van der Waals surface area contributed by atoms with Gasteiger partial charge in [-0.3, -0.25) is 10.1 Å². The highest BCUT2D eigenvalue weighted by Gasteiger charge is 2.13. The Hall–Kier alpha value is -2.67. The predicted octanol–water partition coefficient (Wildman–Crippen LogP) is 1.61. The van der Waals surface area contributed by atoms with Crippen LogP contribution in [0.3, 0.4) is 0 Å². The van der Waals surface area contributed by atoms with E-state index in [1.165, 1.54) is 4.52 Å². The molecule has 0 atom stereocenters. The largest absolute Gasteiger partial charge is 0.349 e. The van der Waals surface area contributed by atoms with Gasteiger partial charge in [0.05, 0.1) is 11.6 Å². The summed E-state index contributed by atoms with van der Waals surface area (Å²) in [6, 6.07) is 7.15. The minimum Gasteiger partial charge on any atom is -0.290 e. The van der Waals surface area contributed by atoms with Crippen LogP contribution in [0.25, 0.3) is 28.1 Å². The number of hydrogen-bond donors (Lipinski definition) is 2. The molecule has 7 nitrogen and oxygen atoms in total. The van der Waals surface area contributed by atoms with Crippen molar-refractivity contribution in [2.24, 2.45) is 0 Å². The van der Waals surface area contributed by atoms with E-state index in [4.69, 9.17) is 11.6 Å². The van der Waals surface area contributed by atoms with Crippen molar-refractivity contribution in [3.8, 4) is 11.4 Å². The standard InChI is InChI=1S/C12H7ClN6O/c13-7-3-1-2-6(4-7)9-15-11-8-5-14-17-10(8)16-12(20)19(11)18-9/h1-5H,(H2,14,16,17,20). The summed E-state index contributed by atoms with van der Waals surface area (Å²) >= 11 is 5.96. The van der Waals surface area contributed by atoms with Gasteiger partial charge in [0.25, 0.3) is 0 Å². The van der Waals surface area contributed by atoms with Crippen LogP contribution in [0.4, 0.5) is 0 Å². The summed E-state index contributed by atoms with van der Waals surface area (Å²) in [5.74, 6) is 0.437. The maximum absolute atomic E-state index is 11.9. The lowest BCUT2D eigenvalue weighted by atomic mass is 10.2. The molecule has 0 amide bonds. The Morgan fingerprint density at radius 1 is 1.30 bits per heavy atom. The molecular formula is C12H7ClN6O. The van der Waals surface area contributed by atoms with Crippen molar-refractivity contribution in [2.75, 3.05) is 0 Å². The van der Waals surface area contributed by atoms with Crippen LogP contribution in [0.15, 0.2) is 35.3 Å². The minimum atomic E-state index is -0.377. The number of benzene rings is 1. The van der Waals surface area contributed by atoms with Gasteiger partial charge in [0, 0.05) is 10.6 Å². The molecule has 20 heavy (non-hydrogen) atoms. The van der Waals surface area contributed by atoms with Crippen molar-refractivity contribution < 1.29 is 0 Å². The van der Waals surface area contributed by atoms with Gasteiger partial charge >= 0.3 is 5.69 Å². The predicted molar refractivity (Wildman–Crippen MR) is 73.7 cm³/mol. The molecule has 0 saturated heterocycles. The molecule has 98 valence electrons. The normalized spacial score (nSPS) is 11.4. The molecule has 3 heterocycles. The Balaban J connectivity index is 2.08. The van der Waals surface area contributed by atoms with E-state index in [1.54, 1.807) is 24.4 Å². The van der Waals surface area contributed by atoms with E-state index in [-0.39, 0.29) is 5.69 Å². The number of halogens is 1. The molecule has 8 heteroatoms. The first-order chi connectivity index (χ1) is 9.72. The molecule has 4 aromatic rings. The zero-order valence-corrected chi connectivity index (χ0v) is 10.7. The molecule has 0 bridgehead atoms. The van der Waals surface area contributed by atoms with E-state index in [1.807, 2.05) is 6.07 Å². The summed E-state index contributed by atoms with van der Waals surface area (Å²) in [6.07, 6.45) is 1.59. The second-order valence-electron chi connectivity index (χ2n) is 4.27. The van der Waals surface area contributed by atoms with Crippen LogP contribution >= 0.6 is 11.6 Å². The molecule has 0 spiro atoms. The van der Waals surface area contributed by atoms with Gasteiger partial charge in [-0.15, -0.1) is 5.10 Å². The Bertz CT molecular complexity index is 998. The summed E-state index contributed by atoms with van der Waals surface area (Å²) in [5.41, 5.74) is 1.34. The zero-order chi connectivity index (χ0) is 13.7. The molecule has 0 aliphatic heterocycles. The molecule has 0 saturated carbocycles. The number of aromatic nitrogens is 6. The molecule has 0 aliphatic rings. The number of fused-ring (bicyclic) bond motifs is 3. The van der Waals surface area contributed by atoms with Crippen LogP contribution < -0.4 is 5.69 Å². The molecule has 3 aromatic heterocycles. The van der Waals surface area contributed by atoms with Crippen molar-refractivity contribution >= 4 is 28.3 Å². The molecule has 1 aromatic carbocycles. The summed E-state index contributed by atoms with van der Waals surface area (Å²) in [7, 11) is 0. The highest BCUT2D eigenvalue weighted by molar-refractivity contribution is 6.30. The molecule has 0 aliphatic carbocycles. The van der Waals surface area contributed by atoms with Gasteiger partial charge in [0.15, 0.2) is 11.5 Å². The molecule has 0 radical (unpaired) electrons. The van der Waals surface area contributed by atoms with Gasteiger partial charge in [0.1, 0.15) is 5.65 Å². The Morgan fingerprint density at radius 3 is 3.05 bits per heavy atom. The third kappa shape index (κ3) is 1.53. The first-order valence-corrected chi connectivity index (χ1v) is 6.18. The molecule has 4 rings (SSSR count). The van der Waals surface area contributed by atoms with Crippen LogP contribution in [0, 0.1) is 0 Å². The Morgan fingerprint density at radius 2 is 2.20 bits per heavy atom. The number of nitrogens with zero attached hydrogens (tertiary/aromatic N) is 4. The lowest BCUT2D eigenvalue weighted by molar-refractivity contribution is 0.881. The van der Waals surface area contributed by atoms with Gasteiger partial charge in [-0.05, 0) is 12.1 Å². The Labute approximate surface area is 116 Å². The van der Waals surface area contributed by atoms with E-state index in [0.717, 1.165) is 5.56 Å². The summed E-state index contributed by atoms with van der Waals surface area (Å²) < 4.78 is 1.22. The highest BCUT2D eigenvalue weighted by Crippen LogP contribution is 2.21. The fourth-order valence-corrected chi connectivity index (χ4v) is 2.28. The smallest absolute Gasteiger partial charge is 0.290 e. The minimum absolute atomic E-state index is 0.377. The average Bonchev–Trinajstić information content (AvgIpc) is 3.04. The van der Waals surface area contributed by atoms with Gasteiger partial charge in [-0.2, -0.15) is 9.61 Å². The first kappa shape index (κ1) is 11.2. The van der Waals surface area contributed by atoms with Crippen LogP contribution in [-0.2, 0) is 0 Å². The monoisotopic (exact) mass is 286 g/mol. The number of hydrogen-bond acceptors (Lipinski definition) is 4. The van der Waals surface area contributed by atoms with Crippen LogP contribution in [-0.4, -0.2) is 29.8 Å². The second-order valence-corrected chi connectivity index (χ2v) is 4.71. The second kappa shape index (κ2) is 3.91. The van der Waals surface area contributed by atoms with Crippen molar-refractivity contribution in [1.29, 1.82) is 0 Å². The van der Waals surface area contributed by atoms with Crippen molar-refractivity contribution in [3.05, 3.63) is 46.0 Å². The van der Waals surface area contributed by atoms with E-state index in [0.29, 0.717) is 27.5 Å². The number of rotatable bonds is 1. The maximum Gasteiger partial charge on any atom is 0.349 e. The molecule has 2 N–H and O–H groups in total. The molecular weight excluding hydrogens is 280 g/mol. The average molecular weight is 287 g/mol. The van der Waals surface area contributed by atoms with Crippen molar-refractivity contribution in [3.63, 3.8) is 0 Å². The van der Waals surface area contributed by atoms with Gasteiger partial charge < -0.3 is 0 Å². The number of nitrogens with one attached hydrogen (secondary N) is 2. The fraction of sp³-hybridized carbons (Fsp3) is 0. The topological polar surface area (TPSA) is 91.7 Å². The van der Waals surface area contributed by atoms with Gasteiger partial charge in [-0.25, -0.2) is 9.78 Å². The maximum atomic E-state index is 11.9. The third-order valence-electron chi connectivity index (χ3n) is 2.99. The number of aromatic amines is 2. The lowest BCUT2D eigenvalue weighted by Crippen LogP contribution is -2.17. The first-order valence-electron chi connectivity index (χ1n) is 5.80. The summed E-state index contributed by atoms with van der Waals surface area (Å²) in [6.45, 7) is 0. The van der Waals surface area contributed by atoms with Crippen molar-refractivity contribution in [2.45, 2.75) is 0 Å². The third-order valence-corrected chi connectivity index (χ3v) is 3.23. The fourth-order valence-electron chi connectivity index (χ4n) is 2.09.